The predicted octanol–water partition coefficient (Wildman–Crippen LogP) is 3.62. The van der Waals surface area contributed by atoms with Crippen LogP contribution in [0.3, 0.4) is 0 Å². The van der Waals surface area contributed by atoms with E-state index in [0.29, 0.717) is 23.0 Å². The molecule has 0 aliphatic carbocycles. The summed E-state index contributed by atoms with van der Waals surface area (Å²) in [6.07, 6.45) is 2.48. The third kappa shape index (κ3) is 3.84. The smallest absolute Gasteiger partial charge is 0.265 e. The van der Waals surface area contributed by atoms with E-state index in [4.69, 9.17) is 0 Å². The van der Waals surface area contributed by atoms with Crippen molar-refractivity contribution < 1.29 is 0 Å². The molecule has 1 aliphatic heterocycles. The highest BCUT2D eigenvalue weighted by molar-refractivity contribution is 7.99. The molecule has 0 amide bonds. The van der Waals surface area contributed by atoms with Gasteiger partial charge in [0.1, 0.15) is 5.69 Å². The number of aryl methyl sites for hydroxylation is 1. The predicted molar refractivity (Wildman–Crippen MR) is 111 cm³/mol. The summed E-state index contributed by atoms with van der Waals surface area (Å²) in [7, 11) is 0. The molecule has 136 valence electrons. The van der Waals surface area contributed by atoms with E-state index in [1.165, 1.54) is 26.9 Å². The maximum Gasteiger partial charge on any atom is 0.297 e. The highest BCUT2D eigenvalue weighted by atomic mass is 32.2. The zero-order chi connectivity index (χ0) is 18.8. The molecule has 4 rings (SSSR count). The quantitative estimate of drug-likeness (QED) is 0.633. The van der Waals surface area contributed by atoms with Crippen molar-refractivity contribution in [3.8, 4) is 0 Å². The van der Waals surface area contributed by atoms with Crippen LogP contribution in [0.15, 0.2) is 68.5 Å². The summed E-state index contributed by atoms with van der Waals surface area (Å²) in [5.74, 6) is 0.673. The average Bonchev–Trinajstić information content (AvgIpc) is 2.71. The molecule has 7 heteroatoms. The van der Waals surface area contributed by atoms with Gasteiger partial charge in [-0.1, -0.05) is 53.7 Å². The zero-order valence-electron chi connectivity index (χ0n) is 15.0. The van der Waals surface area contributed by atoms with Crippen LogP contribution in [0.4, 0.5) is 0 Å². The minimum Gasteiger partial charge on any atom is -0.265 e. The van der Waals surface area contributed by atoms with E-state index in [0.717, 1.165) is 16.8 Å². The first kappa shape index (κ1) is 18.0. The van der Waals surface area contributed by atoms with Crippen LogP contribution in [-0.4, -0.2) is 32.6 Å². The Morgan fingerprint density at radius 1 is 1.07 bits per heavy atom. The van der Waals surface area contributed by atoms with Gasteiger partial charge in [0.25, 0.3) is 5.56 Å². The van der Waals surface area contributed by atoms with Crippen LogP contribution in [-0.2, 0) is 6.42 Å². The van der Waals surface area contributed by atoms with Crippen molar-refractivity contribution in [3.05, 3.63) is 81.3 Å². The number of aromatic nitrogens is 3. The van der Waals surface area contributed by atoms with Gasteiger partial charge in [-0.3, -0.25) is 4.79 Å². The molecule has 0 saturated heterocycles. The van der Waals surface area contributed by atoms with Crippen LogP contribution in [0, 0.1) is 6.92 Å². The van der Waals surface area contributed by atoms with E-state index in [2.05, 4.69) is 34.4 Å². The first-order valence-electron chi connectivity index (χ1n) is 8.53. The van der Waals surface area contributed by atoms with Gasteiger partial charge in [0, 0.05) is 17.1 Å². The third-order valence-electron chi connectivity index (χ3n) is 4.35. The molecule has 0 unspecified atom stereocenters. The molecule has 3 aromatic rings. The summed E-state index contributed by atoms with van der Waals surface area (Å²) >= 11 is 3.18. The molecule has 27 heavy (non-hydrogen) atoms. The second-order valence-electron chi connectivity index (χ2n) is 6.27. The molecular formula is C20H18N4OS2. The van der Waals surface area contributed by atoms with Gasteiger partial charge in [-0.2, -0.15) is 9.78 Å². The summed E-state index contributed by atoms with van der Waals surface area (Å²) in [4.78, 5) is 14.1. The number of fused-ring (bicyclic) bond motifs is 1. The fourth-order valence-corrected chi connectivity index (χ4v) is 4.04. The Hall–Kier alpha value is -2.38. The van der Waals surface area contributed by atoms with Crippen LogP contribution < -0.4 is 5.56 Å². The van der Waals surface area contributed by atoms with Crippen LogP contribution in [0.5, 0.6) is 0 Å². The fraction of sp³-hybridized carbons (Fsp3) is 0.200. The normalized spacial score (nSPS) is 13.2. The van der Waals surface area contributed by atoms with E-state index in [1.807, 2.05) is 42.7 Å². The lowest BCUT2D eigenvalue weighted by molar-refractivity contribution is 0.622. The first-order chi connectivity index (χ1) is 13.1. The molecule has 0 saturated carbocycles. The molecule has 5 nitrogen and oxygen atoms in total. The maximum atomic E-state index is 12.9. The monoisotopic (exact) mass is 394 g/mol. The molecular weight excluding hydrogens is 376 g/mol. The number of hydrogen-bond acceptors (Lipinski definition) is 6. The van der Waals surface area contributed by atoms with Gasteiger partial charge in [-0.05, 0) is 36.4 Å². The highest BCUT2D eigenvalue weighted by Crippen LogP contribution is 2.21. The number of thioether (sulfide) groups is 2. The highest BCUT2D eigenvalue weighted by Gasteiger charge is 2.19. The van der Waals surface area contributed by atoms with Crippen molar-refractivity contribution in [1.82, 2.24) is 14.9 Å². The van der Waals surface area contributed by atoms with Gasteiger partial charge >= 0.3 is 0 Å². The molecule has 2 heterocycles. The Bertz CT molecular complexity index is 1060. The van der Waals surface area contributed by atoms with E-state index >= 15 is 0 Å². The molecule has 0 bridgehead atoms. The standard InChI is InChI=1S/C20H18N4OS2/c1-13-3-7-15(8-4-13)18-12-27-20-22-21-17(19(25)24(20)23-18)11-14-5-9-16(26-2)10-6-14/h3-10H,11-12H2,1-2H3. The number of hydrogen-bond donors (Lipinski definition) is 0. The second kappa shape index (κ2) is 7.70. The van der Waals surface area contributed by atoms with Crippen LogP contribution in [0.1, 0.15) is 22.4 Å². The molecule has 0 N–H and O–H groups in total. The van der Waals surface area contributed by atoms with Gasteiger partial charge in [0.15, 0.2) is 0 Å². The van der Waals surface area contributed by atoms with Crippen molar-refractivity contribution in [2.24, 2.45) is 5.10 Å². The van der Waals surface area contributed by atoms with Crippen molar-refractivity contribution in [2.45, 2.75) is 23.4 Å². The van der Waals surface area contributed by atoms with Crippen molar-refractivity contribution >= 4 is 29.2 Å². The van der Waals surface area contributed by atoms with Gasteiger partial charge in [0.2, 0.25) is 5.16 Å². The Morgan fingerprint density at radius 3 is 2.52 bits per heavy atom. The topological polar surface area (TPSA) is 60.1 Å². The summed E-state index contributed by atoms with van der Waals surface area (Å²) in [6, 6.07) is 16.3. The minimum absolute atomic E-state index is 0.203. The molecule has 0 fully saturated rings. The van der Waals surface area contributed by atoms with Gasteiger partial charge in [0.05, 0.1) is 5.71 Å². The second-order valence-corrected chi connectivity index (χ2v) is 8.09. The van der Waals surface area contributed by atoms with Crippen molar-refractivity contribution in [1.29, 1.82) is 0 Å². The Morgan fingerprint density at radius 2 is 1.81 bits per heavy atom. The molecule has 0 atom stereocenters. The molecule has 2 aromatic carbocycles. The van der Waals surface area contributed by atoms with E-state index in [9.17, 15) is 4.79 Å². The SMILES string of the molecule is CSc1ccc(Cc2nnc3n(c2=O)N=C(c2ccc(C)cc2)CS3)cc1. The Kier molecular flexibility index (Phi) is 5.13. The van der Waals surface area contributed by atoms with E-state index in [1.54, 1.807) is 11.8 Å². The lowest BCUT2D eigenvalue weighted by Gasteiger charge is -2.15. The summed E-state index contributed by atoms with van der Waals surface area (Å²) in [5, 5.41) is 13.5. The zero-order valence-corrected chi connectivity index (χ0v) is 16.7. The summed E-state index contributed by atoms with van der Waals surface area (Å²) in [5.41, 5.74) is 4.33. The van der Waals surface area contributed by atoms with Crippen LogP contribution >= 0.6 is 23.5 Å². The van der Waals surface area contributed by atoms with Crippen molar-refractivity contribution in [2.75, 3.05) is 12.0 Å². The summed E-state index contributed by atoms with van der Waals surface area (Å²) in [6.45, 7) is 2.05. The molecule has 1 aliphatic rings. The molecule has 0 spiro atoms. The van der Waals surface area contributed by atoms with E-state index in [-0.39, 0.29) is 5.56 Å². The third-order valence-corrected chi connectivity index (χ3v) is 6.02. The molecule has 0 radical (unpaired) electrons. The van der Waals surface area contributed by atoms with Gasteiger partial charge in [-0.15, -0.1) is 22.0 Å². The summed E-state index contributed by atoms with van der Waals surface area (Å²) < 4.78 is 1.39. The lowest BCUT2D eigenvalue weighted by Crippen LogP contribution is -2.29. The largest absolute Gasteiger partial charge is 0.297 e. The first-order valence-corrected chi connectivity index (χ1v) is 10.7. The van der Waals surface area contributed by atoms with Crippen molar-refractivity contribution in [3.63, 3.8) is 0 Å². The van der Waals surface area contributed by atoms with Crippen LogP contribution in [0.2, 0.25) is 0 Å². The van der Waals surface area contributed by atoms with Gasteiger partial charge < -0.3 is 0 Å². The number of nitrogens with zero attached hydrogens (tertiary/aromatic N) is 4. The minimum atomic E-state index is -0.203. The fourth-order valence-electron chi connectivity index (χ4n) is 2.79. The van der Waals surface area contributed by atoms with Crippen LogP contribution in [0.25, 0.3) is 0 Å². The van der Waals surface area contributed by atoms with E-state index < -0.39 is 0 Å². The maximum absolute atomic E-state index is 12.9. The average molecular weight is 395 g/mol. The number of rotatable bonds is 4. The van der Waals surface area contributed by atoms with Gasteiger partial charge in [-0.25, -0.2) is 0 Å². The molecule has 1 aromatic heterocycles. The Labute approximate surface area is 165 Å². The Balaban J connectivity index is 1.67. The number of benzene rings is 2. The lowest BCUT2D eigenvalue weighted by atomic mass is 10.1.